The summed E-state index contributed by atoms with van der Waals surface area (Å²) in [4.78, 5) is 4.57. The molecule has 1 aromatic carbocycles. The summed E-state index contributed by atoms with van der Waals surface area (Å²) in [7, 11) is 1.97. The fourth-order valence-corrected chi connectivity index (χ4v) is 2.78. The molecule has 1 atom stereocenters. The molecule has 2 heterocycles. The topological polar surface area (TPSA) is 42.7 Å². The van der Waals surface area contributed by atoms with Gasteiger partial charge in [0, 0.05) is 18.1 Å². The van der Waals surface area contributed by atoms with Crippen molar-refractivity contribution in [1.82, 2.24) is 20.1 Å². The van der Waals surface area contributed by atoms with E-state index in [4.69, 9.17) is 0 Å². The lowest BCUT2D eigenvalue weighted by atomic mass is 10.0. The lowest BCUT2D eigenvalue weighted by Crippen LogP contribution is -2.21. The Balaban J connectivity index is 2.08. The standard InChI is InChI=1S/C17H20N4/c1-4-21-16(9-12(2)20-21)17(18-3)14-10-13-7-5-6-8-15(13)19-11-14/h5-11,17-18H,4H2,1-3H3. The van der Waals surface area contributed by atoms with Crippen LogP contribution in [0.3, 0.4) is 0 Å². The van der Waals surface area contributed by atoms with Gasteiger partial charge in [0.05, 0.1) is 22.9 Å². The maximum Gasteiger partial charge on any atom is 0.0761 e. The van der Waals surface area contributed by atoms with Crippen LogP contribution >= 0.6 is 0 Å². The van der Waals surface area contributed by atoms with E-state index in [-0.39, 0.29) is 6.04 Å². The number of fused-ring (bicyclic) bond motifs is 1. The molecule has 3 rings (SSSR count). The van der Waals surface area contributed by atoms with Gasteiger partial charge in [-0.05, 0) is 44.7 Å². The molecule has 108 valence electrons. The number of nitrogens with one attached hydrogen (secondary N) is 1. The van der Waals surface area contributed by atoms with Crippen LogP contribution in [0.5, 0.6) is 0 Å². The molecule has 0 amide bonds. The Hall–Kier alpha value is -2.20. The van der Waals surface area contributed by atoms with E-state index in [0.717, 1.165) is 28.7 Å². The minimum absolute atomic E-state index is 0.100. The van der Waals surface area contributed by atoms with E-state index in [2.05, 4.69) is 40.5 Å². The van der Waals surface area contributed by atoms with Crippen LogP contribution in [-0.2, 0) is 6.54 Å². The van der Waals surface area contributed by atoms with Gasteiger partial charge in [0.1, 0.15) is 0 Å². The number of benzene rings is 1. The molecule has 3 aromatic rings. The molecule has 0 aliphatic carbocycles. The highest BCUT2D eigenvalue weighted by Gasteiger charge is 2.18. The largest absolute Gasteiger partial charge is 0.308 e. The molecule has 2 aromatic heterocycles. The van der Waals surface area contributed by atoms with Crippen molar-refractivity contribution in [1.29, 1.82) is 0 Å². The van der Waals surface area contributed by atoms with Gasteiger partial charge in [-0.2, -0.15) is 5.10 Å². The van der Waals surface area contributed by atoms with Gasteiger partial charge in [-0.15, -0.1) is 0 Å². The molecule has 0 bridgehead atoms. The monoisotopic (exact) mass is 280 g/mol. The van der Waals surface area contributed by atoms with Gasteiger partial charge in [0.25, 0.3) is 0 Å². The minimum atomic E-state index is 0.100. The fourth-order valence-electron chi connectivity index (χ4n) is 2.78. The molecule has 0 radical (unpaired) electrons. The number of hydrogen-bond donors (Lipinski definition) is 1. The molecule has 0 saturated carbocycles. The number of pyridine rings is 1. The van der Waals surface area contributed by atoms with Crippen LogP contribution in [0.25, 0.3) is 10.9 Å². The van der Waals surface area contributed by atoms with E-state index in [0.29, 0.717) is 0 Å². The van der Waals surface area contributed by atoms with Crippen molar-refractivity contribution in [2.45, 2.75) is 26.4 Å². The summed E-state index contributed by atoms with van der Waals surface area (Å²) in [6, 6.07) is 12.6. The van der Waals surface area contributed by atoms with E-state index >= 15 is 0 Å². The van der Waals surface area contributed by atoms with Crippen molar-refractivity contribution in [3.63, 3.8) is 0 Å². The Labute approximate surface area is 124 Å². The quantitative estimate of drug-likeness (QED) is 0.798. The summed E-state index contributed by atoms with van der Waals surface area (Å²) in [5, 5.41) is 9.09. The first-order valence-electron chi connectivity index (χ1n) is 7.29. The summed E-state index contributed by atoms with van der Waals surface area (Å²) < 4.78 is 2.05. The number of para-hydroxylation sites is 1. The van der Waals surface area contributed by atoms with Gasteiger partial charge in [0.2, 0.25) is 0 Å². The fraction of sp³-hybridized carbons (Fsp3) is 0.294. The van der Waals surface area contributed by atoms with Crippen LogP contribution in [0, 0.1) is 6.92 Å². The molecule has 0 aliphatic rings. The van der Waals surface area contributed by atoms with E-state index in [1.54, 1.807) is 0 Å². The number of rotatable bonds is 4. The second kappa shape index (κ2) is 5.66. The summed E-state index contributed by atoms with van der Waals surface area (Å²) in [5.74, 6) is 0. The first-order chi connectivity index (χ1) is 10.2. The predicted molar refractivity (Wildman–Crippen MR) is 85.3 cm³/mol. The van der Waals surface area contributed by atoms with Crippen LogP contribution in [-0.4, -0.2) is 21.8 Å². The van der Waals surface area contributed by atoms with Gasteiger partial charge in [-0.25, -0.2) is 0 Å². The average molecular weight is 280 g/mol. The lowest BCUT2D eigenvalue weighted by Gasteiger charge is -2.18. The third-order valence-corrected chi connectivity index (χ3v) is 3.76. The highest BCUT2D eigenvalue weighted by molar-refractivity contribution is 5.78. The molecule has 1 N–H and O–H groups in total. The normalized spacial score (nSPS) is 12.7. The van der Waals surface area contributed by atoms with Crippen LogP contribution in [0.4, 0.5) is 0 Å². The predicted octanol–water partition coefficient (Wildman–Crippen LogP) is 3.07. The van der Waals surface area contributed by atoms with E-state index < -0.39 is 0 Å². The molecular weight excluding hydrogens is 260 g/mol. The smallest absolute Gasteiger partial charge is 0.0761 e. The summed E-state index contributed by atoms with van der Waals surface area (Å²) in [5.41, 5.74) is 4.40. The van der Waals surface area contributed by atoms with Crippen molar-refractivity contribution in [3.8, 4) is 0 Å². The minimum Gasteiger partial charge on any atom is -0.308 e. The molecule has 0 aliphatic heterocycles. The second-order valence-electron chi connectivity index (χ2n) is 5.21. The Morgan fingerprint density at radius 3 is 2.81 bits per heavy atom. The Kier molecular flexibility index (Phi) is 3.71. The highest BCUT2D eigenvalue weighted by atomic mass is 15.3. The zero-order chi connectivity index (χ0) is 14.8. The molecule has 21 heavy (non-hydrogen) atoms. The SMILES string of the molecule is CCn1nc(C)cc1C(NC)c1cnc2ccccc2c1. The lowest BCUT2D eigenvalue weighted by molar-refractivity contribution is 0.561. The maximum absolute atomic E-state index is 4.57. The van der Waals surface area contributed by atoms with Crippen molar-refractivity contribution >= 4 is 10.9 Å². The second-order valence-corrected chi connectivity index (χ2v) is 5.21. The van der Waals surface area contributed by atoms with E-state index in [1.807, 2.05) is 43.0 Å². The van der Waals surface area contributed by atoms with Crippen LogP contribution in [0.15, 0.2) is 42.6 Å². The summed E-state index contributed by atoms with van der Waals surface area (Å²) in [6.45, 7) is 5.00. The molecule has 0 saturated heterocycles. The average Bonchev–Trinajstić information content (AvgIpc) is 2.89. The Bertz CT molecular complexity index is 760. The van der Waals surface area contributed by atoms with E-state index in [9.17, 15) is 0 Å². The molecular formula is C17H20N4. The number of aryl methyl sites for hydroxylation is 2. The highest BCUT2D eigenvalue weighted by Crippen LogP contribution is 2.24. The molecule has 4 heteroatoms. The molecule has 1 unspecified atom stereocenters. The van der Waals surface area contributed by atoms with Gasteiger partial charge in [-0.1, -0.05) is 18.2 Å². The molecule has 0 fully saturated rings. The van der Waals surface area contributed by atoms with Crippen LogP contribution < -0.4 is 5.32 Å². The first kappa shape index (κ1) is 13.8. The van der Waals surface area contributed by atoms with Crippen molar-refractivity contribution < 1.29 is 0 Å². The van der Waals surface area contributed by atoms with Crippen LogP contribution in [0.2, 0.25) is 0 Å². The summed E-state index contributed by atoms with van der Waals surface area (Å²) >= 11 is 0. The first-order valence-corrected chi connectivity index (χ1v) is 7.29. The van der Waals surface area contributed by atoms with E-state index in [1.165, 1.54) is 5.69 Å². The zero-order valence-electron chi connectivity index (χ0n) is 12.7. The summed E-state index contributed by atoms with van der Waals surface area (Å²) in [6.07, 6.45) is 1.95. The third kappa shape index (κ3) is 2.54. The Morgan fingerprint density at radius 1 is 1.24 bits per heavy atom. The third-order valence-electron chi connectivity index (χ3n) is 3.76. The Morgan fingerprint density at radius 2 is 2.05 bits per heavy atom. The van der Waals surface area contributed by atoms with Gasteiger partial charge in [-0.3, -0.25) is 9.67 Å². The van der Waals surface area contributed by atoms with Gasteiger partial charge < -0.3 is 5.32 Å². The number of aromatic nitrogens is 3. The number of nitrogens with zero attached hydrogens (tertiary/aromatic N) is 3. The van der Waals surface area contributed by atoms with Crippen molar-refractivity contribution in [3.05, 3.63) is 59.5 Å². The molecule has 0 spiro atoms. The zero-order valence-corrected chi connectivity index (χ0v) is 12.7. The maximum atomic E-state index is 4.57. The van der Waals surface area contributed by atoms with Crippen LogP contribution in [0.1, 0.15) is 29.9 Å². The van der Waals surface area contributed by atoms with Gasteiger partial charge >= 0.3 is 0 Å². The van der Waals surface area contributed by atoms with Crippen molar-refractivity contribution in [2.75, 3.05) is 7.05 Å². The van der Waals surface area contributed by atoms with Crippen molar-refractivity contribution in [2.24, 2.45) is 0 Å². The van der Waals surface area contributed by atoms with Gasteiger partial charge in [0.15, 0.2) is 0 Å². The number of hydrogen-bond acceptors (Lipinski definition) is 3. The molecule has 4 nitrogen and oxygen atoms in total.